The molecule has 3 unspecified atom stereocenters. The molecular formula is C17H25BrN2S. The molecule has 116 valence electrons. The van der Waals surface area contributed by atoms with E-state index < -0.39 is 0 Å². The lowest BCUT2D eigenvalue weighted by atomic mass is 9.39. The molecule has 0 aromatic carbocycles. The molecule has 4 bridgehead atoms. The van der Waals surface area contributed by atoms with Gasteiger partial charge in [0.2, 0.25) is 0 Å². The predicted octanol–water partition coefficient (Wildman–Crippen LogP) is 5.01. The van der Waals surface area contributed by atoms with Gasteiger partial charge < -0.3 is 0 Å². The molecule has 0 aliphatic heterocycles. The van der Waals surface area contributed by atoms with Gasteiger partial charge in [-0.05, 0) is 88.1 Å². The highest BCUT2D eigenvalue weighted by Gasteiger charge is 2.62. The summed E-state index contributed by atoms with van der Waals surface area (Å²) in [6, 6.07) is 2.46. The summed E-state index contributed by atoms with van der Waals surface area (Å²) in [6.45, 7) is 5.06. The molecule has 0 spiro atoms. The third kappa shape index (κ3) is 2.17. The summed E-state index contributed by atoms with van der Waals surface area (Å²) in [6.07, 6.45) is 8.33. The van der Waals surface area contributed by atoms with E-state index in [-0.39, 0.29) is 0 Å². The van der Waals surface area contributed by atoms with E-state index in [4.69, 9.17) is 5.84 Å². The van der Waals surface area contributed by atoms with Gasteiger partial charge in [0.1, 0.15) is 0 Å². The van der Waals surface area contributed by atoms with Gasteiger partial charge in [-0.2, -0.15) is 0 Å². The average molecular weight is 369 g/mol. The van der Waals surface area contributed by atoms with Crippen LogP contribution >= 0.6 is 27.3 Å². The third-order valence-electron chi connectivity index (χ3n) is 6.36. The lowest BCUT2D eigenvalue weighted by Crippen LogP contribution is -2.59. The second-order valence-electron chi connectivity index (χ2n) is 8.72. The number of hydrogen-bond acceptors (Lipinski definition) is 3. The molecule has 4 aliphatic rings. The number of nitrogens with two attached hydrogens (primary N) is 1. The van der Waals surface area contributed by atoms with Gasteiger partial charge >= 0.3 is 0 Å². The Hall–Kier alpha value is 0.100. The van der Waals surface area contributed by atoms with Crippen LogP contribution in [0.5, 0.6) is 0 Å². The van der Waals surface area contributed by atoms with Crippen LogP contribution in [0.2, 0.25) is 0 Å². The molecule has 4 heteroatoms. The highest BCUT2D eigenvalue weighted by atomic mass is 79.9. The van der Waals surface area contributed by atoms with Gasteiger partial charge in [0, 0.05) is 9.35 Å². The van der Waals surface area contributed by atoms with Crippen LogP contribution in [-0.2, 0) is 0 Å². The van der Waals surface area contributed by atoms with Gasteiger partial charge in [-0.15, -0.1) is 11.3 Å². The van der Waals surface area contributed by atoms with Crippen molar-refractivity contribution in [2.75, 3.05) is 0 Å². The smallest absolute Gasteiger partial charge is 0.0621 e. The number of halogens is 1. The first-order valence-corrected chi connectivity index (χ1v) is 9.73. The summed E-state index contributed by atoms with van der Waals surface area (Å²) in [5.74, 6) is 6.98. The van der Waals surface area contributed by atoms with E-state index in [0.29, 0.717) is 22.3 Å². The highest BCUT2D eigenvalue weighted by molar-refractivity contribution is 9.10. The Morgan fingerprint density at radius 3 is 2.38 bits per heavy atom. The fraction of sp³-hybridized carbons (Fsp3) is 0.765. The number of rotatable bonds is 3. The molecule has 0 saturated heterocycles. The van der Waals surface area contributed by atoms with Gasteiger partial charge in [0.15, 0.2) is 0 Å². The standard InChI is InChI=1S/C17H25BrN2S/c1-15-5-11-6-16(2,8-15)10-17(7-11,9-15)14(20-19)13-12(18)3-4-21-13/h3-4,11,14,20H,5-10,19H2,1-2H3. The molecule has 5 rings (SSSR count). The van der Waals surface area contributed by atoms with Gasteiger partial charge in [-0.3, -0.25) is 11.3 Å². The summed E-state index contributed by atoms with van der Waals surface area (Å²) < 4.78 is 1.22. The molecule has 2 nitrogen and oxygen atoms in total. The maximum absolute atomic E-state index is 6.08. The zero-order valence-electron chi connectivity index (χ0n) is 12.9. The fourth-order valence-electron chi connectivity index (χ4n) is 6.90. The Bertz CT molecular complexity index is 551. The molecule has 0 radical (unpaired) electrons. The Morgan fingerprint density at radius 2 is 1.90 bits per heavy atom. The minimum absolute atomic E-state index is 0.300. The van der Waals surface area contributed by atoms with Crippen molar-refractivity contribution in [3.8, 4) is 0 Å². The molecular weight excluding hydrogens is 344 g/mol. The molecule has 4 saturated carbocycles. The van der Waals surface area contributed by atoms with Crippen LogP contribution in [0.25, 0.3) is 0 Å². The third-order valence-corrected chi connectivity index (χ3v) is 8.29. The number of hydrazine groups is 1. The molecule has 1 aromatic rings. The largest absolute Gasteiger partial charge is 0.271 e. The molecule has 4 fully saturated rings. The van der Waals surface area contributed by atoms with Gasteiger partial charge in [0.05, 0.1) is 6.04 Å². The van der Waals surface area contributed by atoms with E-state index in [1.807, 2.05) is 11.3 Å². The molecule has 3 atom stereocenters. The summed E-state index contributed by atoms with van der Waals surface area (Å²) in [7, 11) is 0. The Balaban J connectivity index is 1.78. The number of thiophene rings is 1. The van der Waals surface area contributed by atoms with E-state index in [2.05, 4.69) is 46.6 Å². The molecule has 4 aliphatic carbocycles. The fourth-order valence-corrected chi connectivity index (χ4v) is 8.70. The summed E-state index contributed by atoms with van der Waals surface area (Å²) in [4.78, 5) is 1.40. The Morgan fingerprint density at radius 1 is 1.24 bits per heavy atom. The molecule has 1 heterocycles. The van der Waals surface area contributed by atoms with E-state index >= 15 is 0 Å². The quantitative estimate of drug-likeness (QED) is 0.581. The minimum atomic E-state index is 0.300. The van der Waals surface area contributed by atoms with Crippen LogP contribution in [0.3, 0.4) is 0 Å². The van der Waals surface area contributed by atoms with E-state index in [1.54, 1.807) is 0 Å². The van der Waals surface area contributed by atoms with Crippen molar-refractivity contribution in [2.45, 2.75) is 58.4 Å². The van der Waals surface area contributed by atoms with Crippen molar-refractivity contribution >= 4 is 27.3 Å². The van der Waals surface area contributed by atoms with Crippen LogP contribution in [-0.4, -0.2) is 0 Å². The van der Waals surface area contributed by atoms with Crippen LogP contribution in [0.1, 0.15) is 63.3 Å². The van der Waals surface area contributed by atoms with Crippen molar-refractivity contribution in [3.05, 3.63) is 20.8 Å². The number of nitrogens with one attached hydrogen (secondary N) is 1. The average Bonchev–Trinajstić information content (AvgIpc) is 2.71. The summed E-state index contributed by atoms with van der Waals surface area (Å²) in [5, 5.41) is 2.17. The predicted molar refractivity (Wildman–Crippen MR) is 91.9 cm³/mol. The second kappa shape index (κ2) is 4.56. The molecule has 1 aromatic heterocycles. The maximum atomic E-state index is 6.08. The van der Waals surface area contributed by atoms with Crippen LogP contribution in [0.4, 0.5) is 0 Å². The molecule has 21 heavy (non-hydrogen) atoms. The first-order chi connectivity index (χ1) is 9.87. The monoisotopic (exact) mass is 368 g/mol. The van der Waals surface area contributed by atoms with Crippen molar-refractivity contribution in [1.29, 1.82) is 0 Å². The van der Waals surface area contributed by atoms with Gasteiger partial charge in [-0.25, -0.2) is 0 Å². The van der Waals surface area contributed by atoms with E-state index in [9.17, 15) is 0 Å². The lowest BCUT2D eigenvalue weighted by molar-refractivity contribution is -0.158. The Kier molecular flexibility index (Phi) is 3.19. The normalized spacial score (nSPS) is 46.0. The van der Waals surface area contributed by atoms with Crippen molar-refractivity contribution < 1.29 is 0 Å². The molecule has 0 amide bonds. The number of hydrogen-bond donors (Lipinski definition) is 2. The minimum Gasteiger partial charge on any atom is -0.271 e. The first kappa shape index (κ1) is 14.7. The van der Waals surface area contributed by atoms with Crippen molar-refractivity contribution in [2.24, 2.45) is 28.0 Å². The zero-order chi connectivity index (χ0) is 14.9. The summed E-state index contributed by atoms with van der Waals surface area (Å²) in [5.41, 5.74) is 4.64. The lowest BCUT2D eigenvalue weighted by Gasteiger charge is -2.67. The summed E-state index contributed by atoms with van der Waals surface area (Å²) >= 11 is 5.57. The van der Waals surface area contributed by atoms with Crippen molar-refractivity contribution in [3.63, 3.8) is 0 Å². The van der Waals surface area contributed by atoms with Crippen LogP contribution < -0.4 is 11.3 Å². The van der Waals surface area contributed by atoms with Crippen molar-refractivity contribution in [1.82, 2.24) is 5.43 Å². The topological polar surface area (TPSA) is 38.0 Å². The SMILES string of the molecule is CC12CC3CC(C)(C1)CC(C(NN)c1sccc1Br)(C3)C2. The zero-order valence-corrected chi connectivity index (χ0v) is 15.3. The van der Waals surface area contributed by atoms with E-state index in [1.165, 1.54) is 47.9 Å². The second-order valence-corrected chi connectivity index (χ2v) is 10.5. The van der Waals surface area contributed by atoms with Gasteiger partial charge in [-0.1, -0.05) is 13.8 Å². The maximum Gasteiger partial charge on any atom is 0.0621 e. The van der Waals surface area contributed by atoms with Crippen LogP contribution in [0, 0.1) is 22.2 Å². The highest BCUT2D eigenvalue weighted by Crippen LogP contribution is 2.72. The Labute approximate surface area is 140 Å². The van der Waals surface area contributed by atoms with Crippen LogP contribution in [0.15, 0.2) is 15.9 Å². The van der Waals surface area contributed by atoms with E-state index in [0.717, 1.165) is 5.92 Å². The van der Waals surface area contributed by atoms with Gasteiger partial charge in [0.25, 0.3) is 0 Å². The molecule has 3 N–H and O–H groups in total. The first-order valence-electron chi connectivity index (χ1n) is 8.06.